The van der Waals surface area contributed by atoms with Gasteiger partial charge < -0.3 is 28.2 Å². The minimum atomic E-state index is -4.30. The fourth-order valence-electron chi connectivity index (χ4n) is 5.20. The maximum atomic E-state index is 12.1. The number of pyridine rings is 1. The number of carbonyl (C=O) groups is 2. The molecule has 0 unspecified atom stereocenters. The van der Waals surface area contributed by atoms with Crippen molar-refractivity contribution < 1.29 is 46.2 Å². The van der Waals surface area contributed by atoms with Crippen LogP contribution in [0.4, 0.5) is 0 Å². The van der Waals surface area contributed by atoms with Gasteiger partial charge in [-0.05, 0) is 145 Å². The molecule has 0 bridgehead atoms. The third-order valence-corrected chi connectivity index (χ3v) is 10.7. The van der Waals surface area contributed by atoms with Crippen LogP contribution in [0.15, 0.2) is 135 Å². The fourth-order valence-corrected chi connectivity index (χ4v) is 7.96. The molecule has 4 aromatic carbocycles. The van der Waals surface area contributed by atoms with Crippen molar-refractivity contribution in [3.8, 4) is 17.2 Å². The molecule has 0 radical (unpaired) electrons. The van der Waals surface area contributed by atoms with Gasteiger partial charge in [-0.2, -0.15) is 0 Å². The fraction of sp³-hybridized carbons (Fsp3) is 0.295. The topological polar surface area (TPSA) is 150 Å². The summed E-state index contributed by atoms with van der Waals surface area (Å²) in [6.45, 7) is 14.4. The summed E-state index contributed by atoms with van der Waals surface area (Å²) in [5, 5.41) is 0. The highest BCUT2D eigenvalue weighted by atomic mass is 32.2. The number of hydrogen-bond acceptors (Lipinski definition) is 11. The number of rotatable bonds is 13. The number of ether oxygens (including phenoxy) is 5. The summed E-state index contributed by atoms with van der Waals surface area (Å²) in [7, 11) is -4.83. The highest BCUT2D eigenvalue weighted by molar-refractivity contribution is 7.97. The number of carbonyl (C=O) groups excluding carboxylic acids is 2. The van der Waals surface area contributed by atoms with E-state index < -0.39 is 44.2 Å². The molecule has 0 spiro atoms. The van der Waals surface area contributed by atoms with Crippen molar-refractivity contribution in [2.24, 2.45) is 0 Å². The van der Waals surface area contributed by atoms with Crippen LogP contribution in [-0.2, 0) is 46.7 Å². The van der Waals surface area contributed by atoms with Crippen LogP contribution in [0.5, 0.6) is 17.2 Å². The third kappa shape index (κ3) is 15.2. The highest BCUT2D eigenvalue weighted by Gasteiger charge is 2.30. The Balaban J connectivity index is 0.000000512. The Morgan fingerprint density at radius 2 is 1.14 bits per heavy atom. The van der Waals surface area contributed by atoms with Crippen molar-refractivity contribution in [1.82, 2.24) is 4.98 Å². The quantitative estimate of drug-likeness (QED) is 0.0640. The Bertz CT molecular complexity index is 2120. The van der Waals surface area contributed by atoms with Crippen molar-refractivity contribution in [1.29, 1.82) is 0 Å². The van der Waals surface area contributed by atoms with Crippen molar-refractivity contribution in [2.75, 3.05) is 13.2 Å². The van der Waals surface area contributed by atoms with Gasteiger partial charge in [0.05, 0.1) is 15.8 Å². The zero-order chi connectivity index (χ0) is 41.8. The SMILES string of the molecule is CC(C)(C)OC(=O)COc1ccc([S+](c2ccc(OCC(=O)OC(C)(C)C)cc2)c2cccc(OCc3ccncc3)c2)cc1.Cc1ccc(S(=O)(=O)[O-])c(C)c1. The molecule has 0 saturated carbocycles. The third-order valence-electron chi connectivity index (χ3n) is 7.47. The van der Waals surface area contributed by atoms with E-state index in [-0.39, 0.29) is 18.1 Å². The van der Waals surface area contributed by atoms with Crippen LogP contribution in [0.25, 0.3) is 0 Å². The Hall–Kier alpha value is -5.37. The second-order valence-corrected chi connectivity index (χ2v) is 18.2. The first-order chi connectivity index (χ1) is 26.8. The molecule has 13 heteroatoms. The lowest BCUT2D eigenvalue weighted by Crippen LogP contribution is -2.27. The molecule has 0 aliphatic rings. The van der Waals surface area contributed by atoms with Crippen LogP contribution in [-0.4, -0.2) is 54.3 Å². The normalized spacial score (nSPS) is 11.5. The van der Waals surface area contributed by atoms with Crippen LogP contribution >= 0.6 is 0 Å². The summed E-state index contributed by atoms with van der Waals surface area (Å²) in [5.74, 6) is 1.02. The van der Waals surface area contributed by atoms with E-state index in [4.69, 9.17) is 23.7 Å². The van der Waals surface area contributed by atoms with Crippen molar-refractivity contribution in [3.63, 3.8) is 0 Å². The maximum absolute atomic E-state index is 12.1. The first-order valence-corrected chi connectivity index (χ1v) is 20.7. The second kappa shape index (κ2) is 19.7. The second-order valence-electron chi connectivity index (χ2n) is 14.8. The molecule has 5 aromatic rings. The van der Waals surface area contributed by atoms with Crippen LogP contribution in [0.3, 0.4) is 0 Å². The molecule has 0 saturated heterocycles. The van der Waals surface area contributed by atoms with E-state index in [9.17, 15) is 22.6 Å². The predicted molar refractivity (Wildman–Crippen MR) is 217 cm³/mol. The molecule has 57 heavy (non-hydrogen) atoms. The first kappa shape index (κ1) is 44.3. The maximum Gasteiger partial charge on any atom is 0.344 e. The number of esters is 2. The van der Waals surface area contributed by atoms with E-state index in [1.807, 2.05) is 127 Å². The molecule has 0 aliphatic heterocycles. The van der Waals surface area contributed by atoms with E-state index in [1.165, 1.54) is 6.07 Å². The summed E-state index contributed by atoms with van der Waals surface area (Å²) in [6, 6.07) is 31.9. The number of aromatic nitrogens is 1. The van der Waals surface area contributed by atoms with Crippen LogP contribution in [0.1, 0.15) is 58.2 Å². The molecule has 0 N–H and O–H groups in total. The van der Waals surface area contributed by atoms with Gasteiger partial charge >= 0.3 is 11.9 Å². The van der Waals surface area contributed by atoms with Gasteiger partial charge in [0, 0.05) is 18.5 Å². The van der Waals surface area contributed by atoms with Crippen molar-refractivity contribution in [2.45, 2.75) is 92.8 Å². The average Bonchev–Trinajstić information content (AvgIpc) is 3.12. The Morgan fingerprint density at radius 1 is 0.632 bits per heavy atom. The Morgan fingerprint density at radius 3 is 1.60 bits per heavy atom. The standard InChI is InChI=1S/C36H40NO7S.C8H10O3S/c1-35(2,3)43-33(38)24-41-27-10-14-30(15-11-27)45(31-16-12-28(13-17-31)42-25-34(39)44-36(4,5)6)32-9-7-8-29(22-32)40-23-26-18-20-37-21-19-26;1-6-3-4-8(7(2)5-6)12(9,10)11/h7-22H,23-25H2,1-6H3;3-5H,1-2H3,(H,9,10,11)/q+1;/p-1. The van der Waals surface area contributed by atoms with Gasteiger partial charge in [-0.25, -0.2) is 18.0 Å². The summed E-state index contributed by atoms with van der Waals surface area (Å²) in [5.41, 5.74) is 1.32. The van der Waals surface area contributed by atoms with Gasteiger partial charge in [0.15, 0.2) is 27.9 Å². The van der Waals surface area contributed by atoms with E-state index in [0.29, 0.717) is 23.7 Å². The summed E-state index contributed by atoms with van der Waals surface area (Å²) >= 11 is 0. The molecule has 0 amide bonds. The minimum Gasteiger partial charge on any atom is -0.744 e. The van der Waals surface area contributed by atoms with E-state index >= 15 is 0 Å². The monoisotopic (exact) mass is 815 g/mol. The van der Waals surface area contributed by atoms with Gasteiger partial charge in [0.2, 0.25) is 0 Å². The predicted octanol–water partition coefficient (Wildman–Crippen LogP) is 8.40. The molecular weight excluding hydrogens is 767 g/mol. The molecule has 0 fully saturated rings. The molecule has 1 aromatic heterocycles. The minimum absolute atomic E-state index is 0.131. The Labute approximate surface area is 338 Å². The van der Waals surface area contributed by atoms with Gasteiger partial charge in [-0.3, -0.25) is 4.98 Å². The number of nitrogens with zero attached hydrogens (tertiary/aromatic N) is 1. The van der Waals surface area contributed by atoms with Gasteiger partial charge in [0.1, 0.15) is 45.2 Å². The molecule has 0 aliphatic carbocycles. The number of aryl methyl sites for hydroxylation is 2. The Kier molecular flexibility index (Phi) is 15.3. The highest BCUT2D eigenvalue weighted by Crippen LogP contribution is 2.35. The first-order valence-electron chi connectivity index (χ1n) is 18.0. The van der Waals surface area contributed by atoms with Gasteiger partial charge in [0.25, 0.3) is 0 Å². The van der Waals surface area contributed by atoms with Gasteiger partial charge in [-0.1, -0.05) is 23.8 Å². The van der Waals surface area contributed by atoms with Crippen LogP contribution < -0.4 is 14.2 Å². The lowest BCUT2D eigenvalue weighted by Gasteiger charge is -2.19. The molecular formula is C44H49NO10S2. The van der Waals surface area contributed by atoms with Crippen molar-refractivity contribution in [3.05, 3.63) is 132 Å². The molecule has 11 nitrogen and oxygen atoms in total. The van der Waals surface area contributed by atoms with E-state index in [0.717, 1.165) is 31.6 Å². The van der Waals surface area contributed by atoms with E-state index in [2.05, 4.69) is 11.1 Å². The van der Waals surface area contributed by atoms with Crippen molar-refractivity contribution >= 4 is 33.0 Å². The molecule has 1 heterocycles. The smallest absolute Gasteiger partial charge is 0.344 e. The summed E-state index contributed by atoms with van der Waals surface area (Å²) < 4.78 is 60.0. The lowest BCUT2D eigenvalue weighted by molar-refractivity contribution is -0.158. The molecule has 0 atom stereocenters. The number of benzene rings is 4. The zero-order valence-corrected chi connectivity index (χ0v) is 35.1. The van der Waals surface area contributed by atoms with Gasteiger partial charge in [-0.15, -0.1) is 0 Å². The van der Waals surface area contributed by atoms with Crippen LogP contribution in [0, 0.1) is 13.8 Å². The van der Waals surface area contributed by atoms with E-state index in [1.54, 1.807) is 31.5 Å². The largest absolute Gasteiger partial charge is 0.744 e. The molecule has 5 rings (SSSR count). The lowest BCUT2D eigenvalue weighted by atomic mass is 10.2. The zero-order valence-electron chi connectivity index (χ0n) is 33.4. The molecule has 302 valence electrons. The summed E-state index contributed by atoms with van der Waals surface area (Å²) in [4.78, 5) is 31.3. The summed E-state index contributed by atoms with van der Waals surface area (Å²) in [6.07, 6.45) is 3.49. The average molecular weight is 816 g/mol. The number of hydrogen-bond donors (Lipinski definition) is 0. The van der Waals surface area contributed by atoms with Crippen LogP contribution in [0.2, 0.25) is 0 Å².